The normalized spacial score (nSPS) is 24.8. The summed E-state index contributed by atoms with van der Waals surface area (Å²) in [5.74, 6) is -2.63. The third-order valence-electron chi connectivity index (χ3n) is 3.56. The number of hydrogen-bond acceptors (Lipinski definition) is 1. The first kappa shape index (κ1) is 13.9. The molecule has 0 spiro atoms. The smallest absolute Gasteiger partial charge is 0.248 e. The van der Waals surface area contributed by atoms with Gasteiger partial charge in [0.2, 0.25) is 5.92 Å². The Morgan fingerprint density at radius 3 is 2.78 bits per heavy atom. The van der Waals surface area contributed by atoms with Crippen molar-refractivity contribution in [2.24, 2.45) is 5.92 Å². The summed E-state index contributed by atoms with van der Waals surface area (Å²) in [7, 11) is 0. The zero-order chi connectivity index (χ0) is 13.2. The molecule has 1 fully saturated rings. The van der Waals surface area contributed by atoms with Crippen molar-refractivity contribution in [3.05, 3.63) is 34.3 Å². The van der Waals surface area contributed by atoms with E-state index in [0.29, 0.717) is 12.8 Å². The zero-order valence-corrected chi connectivity index (χ0v) is 11.7. The number of alkyl halides is 2. The second kappa shape index (κ2) is 5.66. The molecule has 1 N–H and O–H groups in total. The second-order valence-corrected chi connectivity index (χ2v) is 5.95. The van der Waals surface area contributed by atoms with Crippen molar-refractivity contribution < 1.29 is 13.9 Å². The van der Waals surface area contributed by atoms with Crippen molar-refractivity contribution >= 4 is 15.9 Å². The molecule has 2 atom stereocenters. The van der Waals surface area contributed by atoms with Crippen LogP contribution in [0, 0.1) is 5.92 Å². The number of aliphatic hydroxyl groups excluding tert-OH is 1. The molecule has 1 saturated carbocycles. The molecule has 1 aromatic rings. The van der Waals surface area contributed by atoms with Gasteiger partial charge in [0.05, 0.1) is 6.10 Å². The fraction of sp³-hybridized carbons (Fsp3) is 0.571. The van der Waals surface area contributed by atoms with Crippen LogP contribution in [0.3, 0.4) is 0 Å². The predicted molar refractivity (Wildman–Crippen MR) is 70.6 cm³/mol. The highest BCUT2D eigenvalue weighted by Crippen LogP contribution is 2.40. The summed E-state index contributed by atoms with van der Waals surface area (Å²) in [6.45, 7) is 0. The molecule has 0 aliphatic heterocycles. The molecule has 0 heterocycles. The minimum absolute atomic E-state index is 0.00533. The molecule has 18 heavy (non-hydrogen) atoms. The molecular formula is C14H17BrF2O. The quantitative estimate of drug-likeness (QED) is 0.856. The highest BCUT2D eigenvalue weighted by atomic mass is 79.9. The van der Waals surface area contributed by atoms with Gasteiger partial charge in [-0.15, -0.1) is 0 Å². The Morgan fingerprint density at radius 2 is 2.11 bits per heavy atom. The minimum Gasteiger partial charge on any atom is -0.388 e. The Hall–Kier alpha value is -0.480. The summed E-state index contributed by atoms with van der Waals surface area (Å²) >= 11 is 3.38. The van der Waals surface area contributed by atoms with Gasteiger partial charge >= 0.3 is 0 Å². The predicted octanol–water partition coefficient (Wildman–Crippen LogP) is 4.70. The molecule has 0 aromatic heterocycles. The van der Waals surface area contributed by atoms with Crippen LogP contribution in [0.4, 0.5) is 8.78 Å². The van der Waals surface area contributed by atoms with Gasteiger partial charge in [-0.1, -0.05) is 34.1 Å². The van der Waals surface area contributed by atoms with Gasteiger partial charge in [0.15, 0.2) is 0 Å². The van der Waals surface area contributed by atoms with Crippen LogP contribution in [0.1, 0.15) is 43.8 Å². The Bertz CT molecular complexity index is 409. The summed E-state index contributed by atoms with van der Waals surface area (Å²) in [4.78, 5) is 0. The lowest BCUT2D eigenvalue weighted by Gasteiger charge is -2.30. The van der Waals surface area contributed by atoms with Gasteiger partial charge in [0, 0.05) is 17.3 Å². The molecular weight excluding hydrogens is 302 g/mol. The molecule has 1 nitrogen and oxygen atoms in total. The Morgan fingerprint density at radius 1 is 1.39 bits per heavy atom. The molecule has 100 valence electrons. The maximum Gasteiger partial charge on any atom is 0.248 e. The van der Waals surface area contributed by atoms with Crippen LogP contribution in [-0.2, 0) is 0 Å². The topological polar surface area (TPSA) is 20.2 Å². The van der Waals surface area contributed by atoms with E-state index in [1.165, 1.54) is 0 Å². The first-order valence-corrected chi connectivity index (χ1v) is 7.07. The molecule has 0 radical (unpaired) electrons. The van der Waals surface area contributed by atoms with Crippen LogP contribution in [0.5, 0.6) is 0 Å². The summed E-state index contributed by atoms with van der Waals surface area (Å²) < 4.78 is 27.4. The number of hydrogen-bond donors (Lipinski definition) is 1. The lowest BCUT2D eigenvalue weighted by atomic mass is 9.82. The monoisotopic (exact) mass is 318 g/mol. The molecule has 2 unspecified atom stereocenters. The second-order valence-electron chi connectivity index (χ2n) is 5.09. The average molecular weight is 319 g/mol. The van der Waals surface area contributed by atoms with Gasteiger partial charge < -0.3 is 5.11 Å². The standard InChI is InChI=1S/C14H17BrF2O/c15-12-6-2-1-5-11(12)13(18)8-10-4-3-7-14(16,17)9-10/h1-2,5-6,10,13,18H,3-4,7-9H2. The van der Waals surface area contributed by atoms with Crippen LogP contribution in [-0.4, -0.2) is 11.0 Å². The van der Waals surface area contributed by atoms with Crippen LogP contribution in [0.2, 0.25) is 0 Å². The maximum atomic E-state index is 13.3. The van der Waals surface area contributed by atoms with E-state index in [1.807, 2.05) is 24.3 Å². The van der Waals surface area contributed by atoms with Gasteiger partial charge in [-0.3, -0.25) is 0 Å². The highest BCUT2D eigenvalue weighted by Gasteiger charge is 2.36. The molecule has 4 heteroatoms. The van der Waals surface area contributed by atoms with E-state index in [2.05, 4.69) is 15.9 Å². The van der Waals surface area contributed by atoms with E-state index >= 15 is 0 Å². The van der Waals surface area contributed by atoms with Crippen LogP contribution in [0.15, 0.2) is 28.7 Å². The van der Waals surface area contributed by atoms with E-state index in [9.17, 15) is 13.9 Å². The zero-order valence-electron chi connectivity index (χ0n) is 10.1. The Kier molecular flexibility index (Phi) is 4.38. The van der Waals surface area contributed by atoms with Crippen LogP contribution in [0.25, 0.3) is 0 Å². The molecule has 0 saturated heterocycles. The molecule has 1 aliphatic rings. The van der Waals surface area contributed by atoms with Gasteiger partial charge in [-0.25, -0.2) is 8.78 Å². The molecule has 0 bridgehead atoms. The molecule has 1 aromatic carbocycles. The van der Waals surface area contributed by atoms with Crippen molar-refractivity contribution in [3.63, 3.8) is 0 Å². The molecule has 2 rings (SSSR count). The first-order valence-electron chi connectivity index (χ1n) is 6.28. The first-order chi connectivity index (χ1) is 8.48. The third-order valence-corrected chi connectivity index (χ3v) is 4.29. The number of rotatable bonds is 3. The summed E-state index contributed by atoms with van der Waals surface area (Å²) in [6.07, 6.45) is 0.998. The number of halogens is 3. The van der Waals surface area contributed by atoms with Crippen molar-refractivity contribution in [2.75, 3.05) is 0 Å². The van der Waals surface area contributed by atoms with Gasteiger partial charge in [0.25, 0.3) is 0 Å². The minimum atomic E-state index is -2.55. The van der Waals surface area contributed by atoms with Crippen molar-refractivity contribution in [1.29, 1.82) is 0 Å². The largest absolute Gasteiger partial charge is 0.388 e. The Balaban J connectivity index is 1.99. The van der Waals surface area contributed by atoms with Crippen molar-refractivity contribution in [2.45, 2.75) is 44.1 Å². The van der Waals surface area contributed by atoms with E-state index in [-0.39, 0.29) is 18.8 Å². The van der Waals surface area contributed by atoms with E-state index in [1.54, 1.807) is 0 Å². The van der Waals surface area contributed by atoms with Crippen LogP contribution >= 0.6 is 15.9 Å². The fourth-order valence-corrected chi connectivity index (χ4v) is 3.21. The van der Waals surface area contributed by atoms with E-state index in [4.69, 9.17) is 0 Å². The van der Waals surface area contributed by atoms with Gasteiger partial charge in [-0.2, -0.15) is 0 Å². The van der Waals surface area contributed by atoms with Gasteiger partial charge in [-0.05, 0) is 36.8 Å². The Labute approximate surface area is 114 Å². The summed E-state index contributed by atoms with van der Waals surface area (Å²) in [5, 5.41) is 10.1. The molecule has 1 aliphatic carbocycles. The SMILES string of the molecule is OC(CC1CCCC(F)(F)C1)c1ccccc1Br. The number of aliphatic hydroxyl groups is 1. The number of benzene rings is 1. The van der Waals surface area contributed by atoms with Crippen molar-refractivity contribution in [3.8, 4) is 0 Å². The van der Waals surface area contributed by atoms with Crippen molar-refractivity contribution in [1.82, 2.24) is 0 Å². The lowest BCUT2D eigenvalue weighted by Crippen LogP contribution is -2.27. The molecule has 0 amide bonds. The van der Waals surface area contributed by atoms with E-state index < -0.39 is 12.0 Å². The van der Waals surface area contributed by atoms with Crippen LogP contribution < -0.4 is 0 Å². The fourth-order valence-electron chi connectivity index (χ4n) is 2.67. The van der Waals surface area contributed by atoms with E-state index in [0.717, 1.165) is 16.5 Å². The highest BCUT2D eigenvalue weighted by molar-refractivity contribution is 9.10. The maximum absolute atomic E-state index is 13.3. The summed E-state index contributed by atoms with van der Waals surface area (Å²) in [6, 6.07) is 7.40. The van der Waals surface area contributed by atoms with Gasteiger partial charge in [0.1, 0.15) is 0 Å². The average Bonchev–Trinajstić information content (AvgIpc) is 2.28. The lowest BCUT2D eigenvalue weighted by molar-refractivity contribution is -0.0591. The third kappa shape index (κ3) is 3.51. The summed E-state index contributed by atoms with van der Waals surface area (Å²) in [5.41, 5.74) is 0.784.